The van der Waals surface area contributed by atoms with Gasteiger partial charge >= 0.3 is 11.8 Å². The Bertz CT molecular complexity index is 1070. The third-order valence-corrected chi connectivity index (χ3v) is 5.17. The maximum Gasteiger partial charge on any atom is 0.502 e. The van der Waals surface area contributed by atoms with E-state index in [4.69, 9.17) is 0 Å². The van der Waals surface area contributed by atoms with Gasteiger partial charge in [-0.2, -0.15) is 0 Å². The van der Waals surface area contributed by atoms with Crippen LogP contribution in [0, 0.1) is 19.7 Å². The summed E-state index contributed by atoms with van der Waals surface area (Å²) in [6, 6.07) is 11.4. The molecule has 154 valence electrons. The van der Waals surface area contributed by atoms with Crippen molar-refractivity contribution in [1.82, 2.24) is 4.90 Å². The minimum atomic E-state index is -0.844. The molecular weight excluding hydrogens is 389 g/mol. The van der Waals surface area contributed by atoms with Crippen LogP contribution in [0.3, 0.4) is 0 Å². The van der Waals surface area contributed by atoms with Gasteiger partial charge in [-0.3, -0.25) is 14.5 Å². The van der Waals surface area contributed by atoms with Gasteiger partial charge in [0.05, 0.1) is 0 Å². The smallest absolute Gasteiger partial charge is 0.326 e. The number of fused-ring (bicyclic) bond motifs is 1. The lowest BCUT2D eigenvalue weighted by molar-refractivity contribution is -0.509. The molecule has 1 atom stereocenters. The van der Waals surface area contributed by atoms with Crippen molar-refractivity contribution < 1.29 is 23.5 Å². The minimum Gasteiger partial charge on any atom is -0.326 e. The van der Waals surface area contributed by atoms with E-state index in [-0.39, 0.29) is 12.4 Å². The van der Waals surface area contributed by atoms with Crippen LogP contribution in [0.4, 0.5) is 15.8 Å². The van der Waals surface area contributed by atoms with Gasteiger partial charge < -0.3 is 10.2 Å². The Balaban J connectivity index is 1.55. The average molecular weight is 410 g/mol. The summed E-state index contributed by atoms with van der Waals surface area (Å²) in [6.07, 6.45) is -0.755. The molecule has 2 heterocycles. The summed E-state index contributed by atoms with van der Waals surface area (Å²) < 4.78 is 14.2. The highest BCUT2D eigenvalue weighted by atomic mass is 19.1. The number of nitrogens with zero attached hydrogens (tertiary/aromatic N) is 4. The van der Waals surface area contributed by atoms with Gasteiger partial charge in [-0.25, -0.2) is 9.18 Å². The number of azo groups is 2. The Hall–Kier alpha value is -3.62. The predicted molar refractivity (Wildman–Crippen MR) is 106 cm³/mol. The highest BCUT2D eigenvalue weighted by molar-refractivity contribution is 6.32. The third kappa shape index (κ3) is 3.66. The zero-order valence-electron chi connectivity index (χ0n) is 16.6. The Kier molecular flexibility index (Phi) is 5.03. The molecule has 4 rings (SSSR count). The summed E-state index contributed by atoms with van der Waals surface area (Å²) in [7, 11) is 0. The highest BCUT2D eigenvalue weighted by Gasteiger charge is 2.49. The molecule has 9 heteroatoms. The van der Waals surface area contributed by atoms with Crippen LogP contribution in [0.25, 0.3) is 0 Å². The lowest BCUT2D eigenvalue weighted by Gasteiger charge is -2.26. The molecule has 2 aliphatic rings. The zero-order valence-corrected chi connectivity index (χ0v) is 16.6. The van der Waals surface area contributed by atoms with E-state index in [1.807, 2.05) is 26.0 Å². The number of aryl methyl sites for hydroxylation is 2. The molecule has 1 saturated heterocycles. The largest absolute Gasteiger partial charge is 0.502 e. The van der Waals surface area contributed by atoms with Crippen molar-refractivity contribution in [2.24, 2.45) is 5.11 Å². The first kappa shape index (κ1) is 19.7. The van der Waals surface area contributed by atoms with Crippen molar-refractivity contribution in [3.8, 4) is 0 Å². The molecule has 2 aromatic rings. The Labute approximate surface area is 172 Å². The van der Waals surface area contributed by atoms with E-state index in [1.54, 1.807) is 23.1 Å². The number of hydrogen-bond donors (Lipinski definition) is 1. The summed E-state index contributed by atoms with van der Waals surface area (Å²) in [5.74, 6) is -2.38. The summed E-state index contributed by atoms with van der Waals surface area (Å²) in [5.41, 5.74) is 3.27. The summed E-state index contributed by atoms with van der Waals surface area (Å²) in [5, 5.41) is 7.09. The van der Waals surface area contributed by atoms with Gasteiger partial charge in [-0.1, -0.05) is 17.7 Å². The van der Waals surface area contributed by atoms with Crippen LogP contribution < -0.4 is 10.2 Å². The minimum absolute atomic E-state index is 0.318. The Morgan fingerprint density at radius 3 is 2.53 bits per heavy atom. The third-order valence-electron chi connectivity index (χ3n) is 5.17. The summed E-state index contributed by atoms with van der Waals surface area (Å²) in [6.45, 7) is 4.22. The molecule has 0 bridgehead atoms. The Morgan fingerprint density at radius 1 is 1.13 bits per heavy atom. The van der Waals surface area contributed by atoms with E-state index in [1.165, 1.54) is 17.0 Å². The second-order valence-electron chi connectivity index (χ2n) is 7.36. The number of nitrogens with one attached hydrogen (secondary N) is 1. The molecule has 0 saturated carbocycles. The van der Waals surface area contributed by atoms with Crippen LogP contribution in [-0.2, 0) is 14.4 Å². The zero-order chi connectivity index (χ0) is 21.4. The first-order chi connectivity index (χ1) is 14.3. The standard InChI is InChI=1S/C21H20FN5O3/c1-13-3-8-17(14(2)11-13)23-18(28)12-27-20(30)19(29)26-10-9-25(21(26)24-27)16-6-4-15(22)5-7-16/h3-8,11,21H,9-10,12H2,1-2H3/p+1. The Morgan fingerprint density at radius 2 is 1.83 bits per heavy atom. The molecule has 1 N–H and O–H groups in total. The number of anilines is 2. The molecule has 1 unspecified atom stereocenters. The van der Waals surface area contributed by atoms with Crippen LogP contribution in [0.1, 0.15) is 11.1 Å². The van der Waals surface area contributed by atoms with Gasteiger partial charge in [0.25, 0.3) is 18.7 Å². The second kappa shape index (κ2) is 7.66. The van der Waals surface area contributed by atoms with E-state index < -0.39 is 24.0 Å². The molecule has 1 fully saturated rings. The number of halogens is 1. The van der Waals surface area contributed by atoms with Gasteiger partial charge in [0.1, 0.15) is 5.82 Å². The number of carbonyl (C=O) groups is 3. The van der Waals surface area contributed by atoms with Crippen LogP contribution in [-0.4, -0.2) is 53.2 Å². The molecule has 2 aliphatic heterocycles. The molecule has 0 spiro atoms. The molecule has 3 amide bonds. The van der Waals surface area contributed by atoms with Gasteiger partial charge in [0.2, 0.25) is 0 Å². The van der Waals surface area contributed by atoms with E-state index in [0.29, 0.717) is 24.5 Å². The van der Waals surface area contributed by atoms with Crippen molar-refractivity contribution in [1.29, 1.82) is 0 Å². The summed E-state index contributed by atoms with van der Waals surface area (Å²) in [4.78, 5) is 40.6. The number of benzene rings is 2. The highest BCUT2D eigenvalue weighted by Crippen LogP contribution is 2.27. The van der Waals surface area contributed by atoms with E-state index >= 15 is 0 Å². The number of amides is 3. The fraction of sp³-hybridized carbons (Fsp3) is 0.286. The van der Waals surface area contributed by atoms with Crippen molar-refractivity contribution in [2.75, 3.05) is 29.9 Å². The first-order valence-electron chi connectivity index (χ1n) is 9.56. The van der Waals surface area contributed by atoms with Gasteiger partial charge in [0, 0.05) is 29.6 Å². The van der Waals surface area contributed by atoms with Crippen molar-refractivity contribution in [2.45, 2.75) is 20.1 Å². The molecule has 30 heavy (non-hydrogen) atoms. The predicted octanol–water partition coefficient (Wildman–Crippen LogP) is 2.02. The van der Waals surface area contributed by atoms with Crippen molar-refractivity contribution in [3.05, 3.63) is 59.4 Å². The number of hydrogen-bond acceptors (Lipinski definition) is 5. The second-order valence-corrected chi connectivity index (χ2v) is 7.36. The maximum atomic E-state index is 13.3. The van der Waals surface area contributed by atoms with Gasteiger partial charge in [0.15, 0.2) is 0 Å². The fourth-order valence-electron chi connectivity index (χ4n) is 3.64. The molecule has 0 radical (unpaired) electrons. The molecule has 2 aromatic carbocycles. The SMILES string of the molecule is Cc1ccc(NC(=O)C[N+]2=NC3N(CCN3c3ccc(F)cc3)C(=O)C2=O)c(C)c1. The van der Waals surface area contributed by atoms with Crippen molar-refractivity contribution in [3.63, 3.8) is 0 Å². The van der Waals surface area contributed by atoms with Crippen LogP contribution in [0.5, 0.6) is 0 Å². The van der Waals surface area contributed by atoms with E-state index in [2.05, 4.69) is 10.4 Å². The lowest BCUT2D eigenvalue weighted by Crippen LogP contribution is -2.52. The maximum absolute atomic E-state index is 13.3. The van der Waals surface area contributed by atoms with Crippen molar-refractivity contribution >= 4 is 29.1 Å². The molecule has 0 aliphatic carbocycles. The van der Waals surface area contributed by atoms with Crippen LogP contribution in [0.15, 0.2) is 47.6 Å². The van der Waals surface area contributed by atoms with Gasteiger partial charge in [-0.15, -0.1) is 0 Å². The normalized spacial score (nSPS) is 18.4. The number of carbonyl (C=O) groups excluding carboxylic acids is 3. The van der Waals surface area contributed by atoms with Crippen LogP contribution >= 0.6 is 0 Å². The average Bonchev–Trinajstić information content (AvgIpc) is 3.12. The van der Waals surface area contributed by atoms with E-state index in [0.717, 1.165) is 15.8 Å². The van der Waals surface area contributed by atoms with E-state index in [9.17, 15) is 18.8 Å². The molecule has 8 nitrogen and oxygen atoms in total. The molecular formula is C21H21FN5O3+. The monoisotopic (exact) mass is 410 g/mol. The topological polar surface area (TPSA) is 85.1 Å². The first-order valence-corrected chi connectivity index (χ1v) is 9.56. The summed E-state index contributed by atoms with van der Waals surface area (Å²) >= 11 is 0. The fourth-order valence-corrected chi connectivity index (χ4v) is 3.64. The molecule has 0 aromatic heterocycles. The van der Waals surface area contributed by atoms with Crippen LogP contribution in [0.2, 0.25) is 0 Å². The van der Waals surface area contributed by atoms with Gasteiger partial charge in [-0.05, 0) is 54.4 Å². The quantitative estimate of drug-likeness (QED) is 0.617. The lowest BCUT2D eigenvalue weighted by atomic mass is 10.1. The number of rotatable bonds is 4.